The molecule has 3 aliphatic carbocycles. The minimum Gasteiger partial charge on any atom is -0.389 e. The molecule has 0 aromatic heterocycles. The molecule has 1 heteroatoms. The van der Waals surface area contributed by atoms with Crippen LogP contribution in [-0.4, -0.2) is 10.7 Å². The smallest absolute Gasteiger partial charge is 0.0708 e. The van der Waals surface area contributed by atoms with E-state index < -0.39 is 0 Å². The molecule has 10 heavy (non-hydrogen) atoms. The Bertz CT molecular complexity index is 173. The summed E-state index contributed by atoms with van der Waals surface area (Å²) in [5, 5.41) is 9.93. The summed E-state index contributed by atoms with van der Waals surface area (Å²) in [6, 6.07) is 0. The Morgan fingerprint density at radius 2 is 1.60 bits per heavy atom. The lowest BCUT2D eigenvalue weighted by molar-refractivity contribution is 0.0534. The zero-order chi connectivity index (χ0) is 6.82. The first-order chi connectivity index (χ1) is 4.77. The molecule has 1 N–H and O–H groups in total. The largest absolute Gasteiger partial charge is 0.389 e. The van der Waals surface area contributed by atoms with Gasteiger partial charge < -0.3 is 5.11 Å². The van der Waals surface area contributed by atoms with Crippen LogP contribution in [0.4, 0.5) is 0 Å². The van der Waals surface area contributed by atoms with Crippen LogP contribution in [0.1, 0.15) is 38.5 Å². The fourth-order valence-electron chi connectivity index (χ4n) is 2.64. The maximum Gasteiger partial charge on any atom is 0.0708 e. The first-order valence-corrected chi connectivity index (χ1v) is 4.49. The van der Waals surface area contributed by atoms with Crippen LogP contribution in [0.2, 0.25) is 0 Å². The third kappa shape index (κ3) is 0.493. The standard InChI is InChI=1S/C9H14O/c10-9(5-6-9)8(3-4-8)7-1-2-7/h7,10H,1-6H2. The maximum atomic E-state index is 9.93. The fourth-order valence-corrected chi connectivity index (χ4v) is 2.64. The molecular formula is C9H14O. The van der Waals surface area contributed by atoms with Gasteiger partial charge in [0.05, 0.1) is 5.60 Å². The van der Waals surface area contributed by atoms with Gasteiger partial charge in [0.15, 0.2) is 0 Å². The maximum absolute atomic E-state index is 9.93. The molecule has 0 spiro atoms. The summed E-state index contributed by atoms with van der Waals surface area (Å²) in [4.78, 5) is 0. The molecule has 1 nitrogen and oxygen atoms in total. The molecule has 3 aliphatic rings. The van der Waals surface area contributed by atoms with Gasteiger partial charge >= 0.3 is 0 Å². The Morgan fingerprint density at radius 1 is 1.00 bits per heavy atom. The van der Waals surface area contributed by atoms with E-state index in [9.17, 15) is 5.11 Å². The van der Waals surface area contributed by atoms with Crippen LogP contribution in [0.3, 0.4) is 0 Å². The molecular weight excluding hydrogens is 124 g/mol. The second kappa shape index (κ2) is 1.29. The van der Waals surface area contributed by atoms with Gasteiger partial charge in [-0.25, -0.2) is 0 Å². The van der Waals surface area contributed by atoms with Crippen LogP contribution >= 0.6 is 0 Å². The minimum atomic E-state index is -0.159. The molecule has 0 aromatic rings. The average Bonchev–Trinajstić information content (AvgIpc) is 2.70. The van der Waals surface area contributed by atoms with Crippen molar-refractivity contribution in [3.63, 3.8) is 0 Å². The number of aliphatic hydroxyl groups is 1. The first-order valence-electron chi connectivity index (χ1n) is 4.49. The van der Waals surface area contributed by atoms with Gasteiger partial charge in [0, 0.05) is 5.41 Å². The normalized spacial score (nSPS) is 39.3. The lowest BCUT2D eigenvalue weighted by atomic mass is 9.91. The Hall–Kier alpha value is -0.0400. The van der Waals surface area contributed by atoms with E-state index in [1.165, 1.54) is 25.7 Å². The minimum absolute atomic E-state index is 0.159. The van der Waals surface area contributed by atoms with Gasteiger partial charge in [0.1, 0.15) is 0 Å². The Balaban J connectivity index is 1.88. The van der Waals surface area contributed by atoms with Crippen molar-refractivity contribution in [1.82, 2.24) is 0 Å². The number of hydrogen-bond donors (Lipinski definition) is 1. The molecule has 3 rings (SSSR count). The summed E-state index contributed by atoms with van der Waals surface area (Å²) in [6.45, 7) is 0. The lowest BCUT2D eigenvalue weighted by Crippen LogP contribution is -2.25. The van der Waals surface area contributed by atoms with Gasteiger partial charge in [-0.1, -0.05) is 0 Å². The zero-order valence-electron chi connectivity index (χ0n) is 6.27. The molecule has 0 amide bonds. The molecule has 3 fully saturated rings. The predicted octanol–water partition coefficient (Wildman–Crippen LogP) is 1.70. The van der Waals surface area contributed by atoms with E-state index >= 15 is 0 Å². The van der Waals surface area contributed by atoms with E-state index in [0.717, 1.165) is 18.8 Å². The van der Waals surface area contributed by atoms with Crippen molar-refractivity contribution in [2.45, 2.75) is 44.1 Å². The molecule has 0 radical (unpaired) electrons. The summed E-state index contributed by atoms with van der Waals surface area (Å²) in [6.07, 6.45) is 7.67. The Kier molecular flexibility index (Phi) is 0.722. The molecule has 0 aliphatic heterocycles. The van der Waals surface area contributed by atoms with E-state index in [1.54, 1.807) is 0 Å². The van der Waals surface area contributed by atoms with E-state index in [4.69, 9.17) is 0 Å². The highest BCUT2D eigenvalue weighted by Gasteiger charge is 2.69. The molecule has 3 saturated carbocycles. The fraction of sp³-hybridized carbons (Fsp3) is 1.00. The quantitative estimate of drug-likeness (QED) is 0.615. The highest BCUT2D eigenvalue weighted by Crippen LogP contribution is 2.72. The van der Waals surface area contributed by atoms with Gasteiger partial charge in [-0.15, -0.1) is 0 Å². The van der Waals surface area contributed by atoms with Crippen molar-refractivity contribution in [1.29, 1.82) is 0 Å². The highest BCUT2D eigenvalue weighted by atomic mass is 16.3. The zero-order valence-corrected chi connectivity index (χ0v) is 6.27. The van der Waals surface area contributed by atoms with Crippen LogP contribution < -0.4 is 0 Å². The van der Waals surface area contributed by atoms with Crippen LogP contribution in [0.15, 0.2) is 0 Å². The molecule has 0 aromatic carbocycles. The van der Waals surface area contributed by atoms with Crippen molar-refractivity contribution in [3.05, 3.63) is 0 Å². The van der Waals surface area contributed by atoms with Crippen molar-refractivity contribution in [2.75, 3.05) is 0 Å². The van der Waals surface area contributed by atoms with Crippen LogP contribution in [0, 0.1) is 11.3 Å². The molecule has 0 saturated heterocycles. The van der Waals surface area contributed by atoms with E-state index in [1.807, 2.05) is 0 Å². The van der Waals surface area contributed by atoms with E-state index in [2.05, 4.69) is 0 Å². The second-order valence-corrected chi connectivity index (χ2v) is 4.46. The molecule has 56 valence electrons. The van der Waals surface area contributed by atoms with Gasteiger partial charge in [-0.2, -0.15) is 0 Å². The van der Waals surface area contributed by atoms with Crippen molar-refractivity contribution < 1.29 is 5.11 Å². The molecule has 0 atom stereocenters. The summed E-state index contributed by atoms with van der Waals surface area (Å²) in [7, 11) is 0. The monoisotopic (exact) mass is 138 g/mol. The number of rotatable bonds is 2. The topological polar surface area (TPSA) is 20.2 Å². The molecule has 0 unspecified atom stereocenters. The summed E-state index contributed by atoms with van der Waals surface area (Å²) >= 11 is 0. The van der Waals surface area contributed by atoms with Gasteiger partial charge in [0.25, 0.3) is 0 Å². The Morgan fingerprint density at radius 3 is 1.90 bits per heavy atom. The summed E-state index contributed by atoms with van der Waals surface area (Å²) in [5.74, 6) is 0.931. The first kappa shape index (κ1) is 5.59. The van der Waals surface area contributed by atoms with Crippen LogP contribution in [-0.2, 0) is 0 Å². The highest BCUT2D eigenvalue weighted by molar-refractivity contribution is 5.20. The van der Waals surface area contributed by atoms with Gasteiger partial charge in [-0.05, 0) is 44.4 Å². The van der Waals surface area contributed by atoms with Crippen LogP contribution in [0.5, 0.6) is 0 Å². The summed E-state index contributed by atoms with van der Waals surface area (Å²) < 4.78 is 0. The van der Waals surface area contributed by atoms with Crippen molar-refractivity contribution in [2.24, 2.45) is 11.3 Å². The Labute approximate surface area is 61.4 Å². The average molecular weight is 138 g/mol. The lowest BCUT2D eigenvalue weighted by Gasteiger charge is -2.20. The summed E-state index contributed by atoms with van der Waals surface area (Å²) in [5.41, 5.74) is 0.307. The SMILES string of the molecule is OC1(C2(C3CC3)CC2)CC1. The van der Waals surface area contributed by atoms with Crippen LogP contribution in [0.25, 0.3) is 0 Å². The van der Waals surface area contributed by atoms with Gasteiger partial charge in [0.2, 0.25) is 0 Å². The third-order valence-electron chi connectivity index (χ3n) is 3.80. The molecule has 0 bridgehead atoms. The van der Waals surface area contributed by atoms with E-state index in [0.29, 0.717) is 5.41 Å². The van der Waals surface area contributed by atoms with Crippen molar-refractivity contribution in [3.8, 4) is 0 Å². The second-order valence-electron chi connectivity index (χ2n) is 4.46. The molecule has 0 heterocycles. The van der Waals surface area contributed by atoms with Gasteiger partial charge in [-0.3, -0.25) is 0 Å². The number of hydrogen-bond acceptors (Lipinski definition) is 1. The predicted molar refractivity (Wildman–Crippen MR) is 38.6 cm³/mol. The third-order valence-corrected chi connectivity index (χ3v) is 3.80. The van der Waals surface area contributed by atoms with Crippen molar-refractivity contribution >= 4 is 0 Å². The van der Waals surface area contributed by atoms with E-state index in [-0.39, 0.29) is 5.60 Å².